The Morgan fingerprint density at radius 2 is 2.29 bits per heavy atom. The number of H-pyrrole nitrogens is 1. The maximum atomic E-state index is 12.2. The van der Waals surface area contributed by atoms with Crippen LogP contribution < -0.4 is 34.7 Å². The van der Waals surface area contributed by atoms with Crippen molar-refractivity contribution >= 4 is 23.6 Å². The van der Waals surface area contributed by atoms with Crippen LogP contribution >= 0.6 is 11.8 Å². The van der Waals surface area contributed by atoms with Crippen LogP contribution in [0.25, 0.3) is 0 Å². The number of carbonyl (C=O) groups is 2. The van der Waals surface area contributed by atoms with Gasteiger partial charge in [0.1, 0.15) is 0 Å². The number of aliphatic hydroxyl groups excluding tert-OH is 1. The van der Waals surface area contributed by atoms with Gasteiger partial charge in [0.2, 0.25) is 5.91 Å². The minimum atomic E-state index is -1.35. The van der Waals surface area contributed by atoms with E-state index in [4.69, 9.17) is 0 Å². The molecule has 4 atom stereocenters. The molecule has 1 amide bonds. The van der Waals surface area contributed by atoms with Gasteiger partial charge in [-0.05, 0) is 6.92 Å². The number of hydrogen-bond donors (Lipinski definition) is 2. The molecule has 0 radical (unpaired) electrons. The van der Waals surface area contributed by atoms with Crippen molar-refractivity contribution in [2.45, 2.75) is 32.4 Å². The van der Waals surface area contributed by atoms with Crippen molar-refractivity contribution in [3.05, 3.63) is 22.5 Å². The number of fused-ring (bicyclic) bond motifs is 1. The summed E-state index contributed by atoms with van der Waals surface area (Å²) in [7, 11) is 0. The minimum absolute atomic E-state index is 0. The Kier molecular flexibility index (Phi) is 6.14. The molecule has 1 fully saturated rings. The van der Waals surface area contributed by atoms with Gasteiger partial charge in [-0.3, -0.25) is 4.79 Å². The van der Waals surface area contributed by atoms with E-state index in [1.807, 2.05) is 6.92 Å². The molecule has 0 unspecified atom stereocenters. The number of aryl methyl sites for hydroxylation is 1. The standard InChI is InChI=1S/C14H18N4O4S.Na/c1-6-10-9(7(2)19)13(20)18(10)11(14(21)22)12(6)23-4-3-8-5-15-17-16-8;/h5-7,9-10,19H,3-4H2,1-2H3,(H,21,22)(H,15,16,17);/q;+1/p-1/t6-,7-,9-,10-;/m1./s1. The van der Waals surface area contributed by atoms with Crippen molar-refractivity contribution in [2.24, 2.45) is 11.8 Å². The van der Waals surface area contributed by atoms with Crippen molar-refractivity contribution in [3.8, 4) is 0 Å². The fraction of sp³-hybridized carbons (Fsp3) is 0.571. The first-order valence-corrected chi connectivity index (χ1v) is 8.36. The van der Waals surface area contributed by atoms with Gasteiger partial charge in [0.05, 0.1) is 41.6 Å². The molecule has 0 bridgehead atoms. The van der Waals surface area contributed by atoms with Crippen LogP contribution in [-0.4, -0.2) is 55.2 Å². The van der Waals surface area contributed by atoms with Crippen LogP contribution in [0.5, 0.6) is 0 Å². The van der Waals surface area contributed by atoms with E-state index in [1.54, 1.807) is 13.1 Å². The molecule has 2 aliphatic rings. The predicted molar refractivity (Wildman–Crippen MR) is 79.5 cm³/mol. The van der Waals surface area contributed by atoms with Gasteiger partial charge in [-0.25, -0.2) is 0 Å². The van der Waals surface area contributed by atoms with Crippen molar-refractivity contribution in [2.75, 3.05) is 5.75 Å². The number of nitrogens with zero attached hydrogens (tertiary/aromatic N) is 3. The largest absolute Gasteiger partial charge is 1.00 e. The molecule has 124 valence electrons. The number of carboxylic acids is 1. The maximum absolute atomic E-state index is 12.2. The SMILES string of the molecule is C[C@@H](O)[C@H]1C(=O)N2C(C(=O)[O-])=C(SCCc3cn[nH]n3)[C@H](C)[C@H]12.[Na+]. The number of aromatic nitrogens is 3. The summed E-state index contributed by atoms with van der Waals surface area (Å²) in [5.74, 6) is -1.75. The summed E-state index contributed by atoms with van der Waals surface area (Å²) in [5, 5.41) is 31.5. The van der Waals surface area contributed by atoms with E-state index in [0.717, 1.165) is 5.69 Å². The quantitative estimate of drug-likeness (QED) is 0.391. The molecular weight excluding hydrogens is 343 g/mol. The number of aromatic amines is 1. The zero-order chi connectivity index (χ0) is 16.7. The Morgan fingerprint density at radius 3 is 2.83 bits per heavy atom. The number of thioether (sulfide) groups is 1. The molecule has 0 saturated carbocycles. The molecule has 3 heterocycles. The first-order chi connectivity index (χ1) is 10.9. The topological polar surface area (TPSA) is 122 Å². The second-order valence-electron chi connectivity index (χ2n) is 5.81. The number of rotatable bonds is 6. The van der Waals surface area contributed by atoms with Crippen molar-refractivity contribution in [1.29, 1.82) is 0 Å². The van der Waals surface area contributed by atoms with Gasteiger partial charge >= 0.3 is 29.6 Å². The number of aliphatic hydroxyl groups is 1. The fourth-order valence-electron chi connectivity index (χ4n) is 3.32. The van der Waals surface area contributed by atoms with E-state index in [0.29, 0.717) is 17.1 Å². The van der Waals surface area contributed by atoms with E-state index >= 15 is 0 Å². The van der Waals surface area contributed by atoms with Crippen molar-refractivity contribution in [3.63, 3.8) is 0 Å². The van der Waals surface area contributed by atoms with E-state index < -0.39 is 18.0 Å². The average Bonchev–Trinajstić information content (AvgIpc) is 3.05. The summed E-state index contributed by atoms with van der Waals surface area (Å²) in [4.78, 5) is 25.6. The summed E-state index contributed by atoms with van der Waals surface area (Å²) in [6, 6.07) is -0.301. The summed E-state index contributed by atoms with van der Waals surface area (Å²) in [6.45, 7) is 3.44. The third-order valence-electron chi connectivity index (χ3n) is 4.38. The van der Waals surface area contributed by atoms with Crippen molar-refractivity contribution in [1.82, 2.24) is 20.3 Å². The molecule has 0 spiro atoms. The summed E-state index contributed by atoms with van der Waals surface area (Å²) >= 11 is 1.39. The van der Waals surface area contributed by atoms with Crippen LogP contribution in [-0.2, 0) is 16.0 Å². The molecule has 1 aromatic rings. The van der Waals surface area contributed by atoms with Gasteiger partial charge in [0.15, 0.2) is 0 Å². The number of nitrogens with one attached hydrogen (secondary N) is 1. The van der Waals surface area contributed by atoms with Gasteiger partial charge in [0.25, 0.3) is 0 Å². The first kappa shape index (κ1) is 19.5. The van der Waals surface area contributed by atoms with E-state index in [-0.39, 0.29) is 53.1 Å². The monoisotopic (exact) mass is 360 g/mol. The molecule has 1 aromatic heterocycles. The number of carbonyl (C=O) groups excluding carboxylic acids is 2. The minimum Gasteiger partial charge on any atom is -0.543 e. The first-order valence-electron chi connectivity index (χ1n) is 7.37. The van der Waals surface area contributed by atoms with E-state index in [9.17, 15) is 19.8 Å². The third kappa shape index (κ3) is 3.15. The Bertz CT molecular complexity index is 664. The van der Waals surface area contributed by atoms with Crippen molar-refractivity contribution < 1.29 is 49.4 Å². The molecule has 0 aromatic carbocycles. The Labute approximate surface area is 165 Å². The molecule has 8 nitrogen and oxygen atoms in total. The molecule has 0 aliphatic carbocycles. The molecule has 2 N–H and O–H groups in total. The fourth-order valence-corrected chi connectivity index (χ4v) is 4.57. The van der Waals surface area contributed by atoms with Gasteiger partial charge in [0, 0.05) is 23.0 Å². The number of aliphatic carboxylic acids is 1. The zero-order valence-electron chi connectivity index (χ0n) is 13.7. The van der Waals surface area contributed by atoms with Gasteiger partial charge in [-0.2, -0.15) is 15.4 Å². The maximum Gasteiger partial charge on any atom is 1.00 e. The Morgan fingerprint density at radius 1 is 1.58 bits per heavy atom. The number of β-lactam (4-membered cyclic amide) rings is 1. The summed E-state index contributed by atoms with van der Waals surface area (Å²) in [6.07, 6.45) is 1.46. The molecule has 3 rings (SSSR count). The van der Waals surface area contributed by atoms with Crippen LogP contribution in [0.15, 0.2) is 16.8 Å². The van der Waals surface area contributed by atoms with Crippen LogP contribution in [0.2, 0.25) is 0 Å². The molecule has 2 aliphatic heterocycles. The van der Waals surface area contributed by atoms with Crippen LogP contribution in [0.1, 0.15) is 19.5 Å². The van der Waals surface area contributed by atoms with Crippen LogP contribution in [0, 0.1) is 11.8 Å². The molecule has 1 saturated heterocycles. The van der Waals surface area contributed by atoms with E-state index in [2.05, 4.69) is 15.4 Å². The number of hydrogen-bond acceptors (Lipinski definition) is 7. The van der Waals surface area contributed by atoms with Crippen LogP contribution in [0.4, 0.5) is 0 Å². The Hall–Kier alpha value is -0.870. The average molecular weight is 360 g/mol. The van der Waals surface area contributed by atoms with Gasteiger partial charge in [-0.1, -0.05) is 6.92 Å². The summed E-state index contributed by atoms with van der Waals surface area (Å²) < 4.78 is 0. The second kappa shape index (κ2) is 7.57. The predicted octanol–water partition coefficient (Wildman–Crippen LogP) is -4.10. The molecule has 10 heteroatoms. The number of carboxylic acid groups (broad SMARTS) is 1. The smallest absolute Gasteiger partial charge is 0.543 e. The van der Waals surface area contributed by atoms with Crippen LogP contribution in [0.3, 0.4) is 0 Å². The normalized spacial score (nSPS) is 26.7. The summed E-state index contributed by atoms with van der Waals surface area (Å²) in [5.41, 5.74) is 0.745. The second-order valence-corrected chi connectivity index (χ2v) is 6.95. The van der Waals surface area contributed by atoms with E-state index in [1.165, 1.54) is 16.7 Å². The molecular formula is C14H17N4NaO4S. The van der Waals surface area contributed by atoms with Gasteiger partial charge < -0.3 is 19.9 Å². The van der Waals surface area contributed by atoms with Gasteiger partial charge in [-0.15, -0.1) is 11.8 Å². The number of amides is 1. The Balaban J connectivity index is 0.00000208. The zero-order valence-corrected chi connectivity index (χ0v) is 16.5. The third-order valence-corrected chi connectivity index (χ3v) is 5.67. The molecule has 24 heavy (non-hydrogen) atoms.